The van der Waals surface area contributed by atoms with E-state index < -0.39 is 5.41 Å². The zero-order chi connectivity index (χ0) is 22.2. The Labute approximate surface area is 188 Å². The van der Waals surface area contributed by atoms with Gasteiger partial charge in [-0.15, -0.1) is 0 Å². The van der Waals surface area contributed by atoms with Gasteiger partial charge in [-0.1, -0.05) is 34.1 Å². The summed E-state index contributed by atoms with van der Waals surface area (Å²) < 4.78 is 18.5. The summed E-state index contributed by atoms with van der Waals surface area (Å²) in [5.41, 5.74) is -0.440. The van der Waals surface area contributed by atoms with Crippen molar-refractivity contribution in [1.29, 1.82) is 0 Å². The lowest BCUT2D eigenvalue weighted by atomic mass is 9.80. The Morgan fingerprint density at radius 3 is 2.29 bits per heavy atom. The van der Waals surface area contributed by atoms with Crippen molar-refractivity contribution in [2.45, 2.75) is 92.0 Å². The second-order valence-corrected chi connectivity index (χ2v) is 10.7. The molecule has 6 unspecified atom stereocenters. The molecule has 0 aromatic heterocycles. The molecule has 0 spiro atoms. The largest absolute Gasteiger partial charge is 0.465 e. The maximum absolute atomic E-state index is 12.5. The van der Waals surface area contributed by atoms with Crippen molar-refractivity contribution in [2.24, 2.45) is 35.0 Å². The van der Waals surface area contributed by atoms with Gasteiger partial charge in [0.2, 0.25) is 6.29 Å². The normalized spacial score (nSPS) is 30.5. The van der Waals surface area contributed by atoms with Crippen LogP contribution >= 0.6 is 0 Å². The van der Waals surface area contributed by atoms with E-state index in [1.54, 1.807) is 0 Å². The van der Waals surface area contributed by atoms with Crippen molar-refractivity contribution in [3.8, 4) is 11.5 Å². The Bertz CT molecular complexity index is 751. The Kier molecular flexibility index (Phi) is 6.67. The third-order valence-electron chi connectivity index (χ3n) is 8.56. The maximum atomic E-state index is 12.5. The molecule has 4 rings (SSSR count). The average Bonchev–Trinajstić information content (AvgIpc) is 3.47. The molecule has 31 heavy (non-hydrogen) atoms. The number of fused-ring (bicyclic) bond motifs is 5. The molecular weight excluding hydrogens is 388 g/mol. The molecule has 6 atom stereocenters. The van der Waals surface area contributed by atoms with E-state index >= 15 is 0 Å². The Hall–Kier alpha value is -1.55. The Morgan fingerprint density at radius 1 is 1.00 bits per heavy atom. The summed E-state index contributed by atoms with van der Waals surface area (Å²) in [5.74, 6) is 4.89. The van der Waals surface area contributed by atoms with E-state index in [2.05, 4.69) is 13.8 Å². The quantitative estimate of drug-likeness (QED) is 0.252. The number of hydrogen-bond donors (Lipinski definition) is 0. The van der Waals surface area contributed by atoms with Crippen LogP contribution in [0.25, 0.3) is 0 Å². The lowest BCUT2D eigenvalue weighted by molar-refractivity contribution is -0.162. The first-order valence-corrected chi connectivity index (χ1v) is 12.5. The van der Waals surface area contributed by atoms with Gasteiger partial charge in [0.1, 0.15) is 11.5 Å². The first kappa shape index (κ1) is 22.6. The zero-order valence-corrected chi connectivity index (χ0v) is 19.9. The summed E-state index contributed by atoms with van der Waals surface area (Å²) in [6.45, 7) is 10.3. The smallest absolute Gasteiger partial charge is 0.317 e. The van der Waals surface area contributed by atoms with Crippen LogP contribution in [0, 0.1) is 35.0 Å². The van der Waals surface area contributed by atoms with Crippen LogP contribution in [-0.2, 0) is 9.53 Å². The second kappa shape index (κ2) is 9.13. The molecule has 0 aliphatic heterocycles. The van der Waals surface area contributed by atoms with E-state index in [1.165, 1.54) is 32.1 Å². The Balaban J connectivity index is 1.35. The van der Waals surface area contributed by atoms with Gasteiger partial charge in [0.25, 0.3) is 0 Å². The first-order valence-electron chi connectivity index (χ1n) is 12.5. The van der Waals surface area contributed by atoms with Crippen LogP contribution in [-0.4, -0.2) is 18.4 Å². The highest BCUT2D eigenvalue weighted by Gasteiger charge is 2.54. The number of carbonyl (C=O) groups excluding carboxylic acids is 1. The molecule has 0 amide bonds. The molecule has 1 aromatic rings. The maximum Gasteiger partial charge on any atom is 0.317 e. The number of benzene rings is 1. The summed E-state index contributed by atoms with van der Waals surface area (Å²) in [5, 5.41) is 0. The van der Waals surface area contributed by atoms with Gasteiger partial charge in [0, 0.05) is 5.92 Å². The standard InChI is InChI=1S/C27H40O4/c1-6-27(5,7-2)26(28)30-20-13-11-19(12-14-20)29-25(17(3)4)31-24-16-18-15-23(24)22-10-8-9-21(18)22/h11-14,17-18,21-25H,6-10,15-16H2,1-5H3. The van der Waals surface area contributed by atoms with Crippen molar-refractivity contribution in [2.75, 3.05) is 0 Å². The number of rotatable bonds is 9. The fraction of sp³-hybridized carbons (Fsp3) is 0.741. The van der Waals surface area contributed by atoms with Crippen LogP contribution in [0.3, 0.4) is 0 Å². The molecule has 4 heteroatoms. The predicted molar refractivity (Wildman–Crippen MR) is 122 cm³/mol. The van der Waals surface area contributed by atoms with E-state index in [9.17, 15) is 4.79 Å². The lowest BCUT2D eigenvalue weighted by Crippen LogP contribution is -2.37. The van der Waals surface area contributed by atoms with Crippen LogP contribution in [0.5, 0.6) is 11.5 Å². The fourth-order valence-corrected chi connectivity index (χ4v) is 6.14. The molecular formula is C27H40O4. The van der Waals surface area contributed by atoms with Gasteiger partial charge in [0.05, 0.1) is 11.5 Å². The third-order valence-corrected chi connectivity index (χ3v) is 8.56. The Morgan fingerprint density at radius 2 is 1.65 bits per heavy atom. The molecule has 3 saturated carbocycles. The van der Waals surface area contributed by atoms with E-state index in [1.807, 2.05) is 45.0 Å². The number of carbonyl (C=O) groups is 1. The highest BCUT2D eigenvalue weighted by Crippen LogP contribution is 2.59. The molecule has 0 N–H and O–H groups in total. The van der Waals surface area contributed by atoms with Crippen molar-refractivity contribution < 1.29 is 19.0 Å². The van der Waals surface area contributed by atoms with Gasteiger partial charge in [-0.3, -0.25) is 4.79 Å². The number of ether oxygens (including phenoxy) is 3. The minimum Gasteiger partial charge on any atom is -0.465 e. The highest BCUT2D eigenvalue weighted by atomic mass is 16.7. The van der Waals surface area contributed by atoms with Crippen molar-refractivity contribution in [3.05, 3.63) is 24.3 Å². The summed E-state index contributed by atoms with van der Waals surface area (Å²) in [6, 6.07) is 7.39. The molecule has 0 radical (unpaired) electrons. The topological polar surface area (TPSA) is 44.8 Å². The number of esters is 1. The van der Waals surface area contributed by atoms with Crippen LogP contribution in [0.2, 0.25) is 0 Å². The first-order chi connectivity index (χ1) is 14.8. The molecule has 172 valence electrons. The van der Waals surface area contributed by atoms with Crippen LogP contribution in [0.4, 0.5) is 0 Å². The lowest BCUT2D eigenvalue weighted by Gasteiger charge is -2.35. The van der Waals surface area contributed by atoms with Crippen LogP contribution in [0.1, 0.15) is 79.6 Å². The number of hydrogen-bond acceptors (Lipinski definition) is 4. The summed E-state index contributed by atoms with van der Waals surface area (Å²) in [6.07, 6.45) is 8.44. The summed E-state index contributed by atoms with van der Waals surface area (Å²) in [7, 11) is 0. The minimum atomic E-state index is -0.440. The highest BCUT2D eigenvalue weighted by molar-refractivity contribution is 5.78. The summed E-state index contributed by atoms with van der Waals surface area (Å²) in [4.78, 5) is 12.5. The molecule has 3 fully saturated rings. The van der Waals surface area contributed by atoms with E-state index in [-0.39, 0.29) is 18.2 Å². The zero-order valence-electron chi connectivity index (χ0n) is 19.9. The molecule has 3 aliphatic carbocycles. The average molecular weight is 429 g/mol. The van der Waals surface area contributed by atoms with Gasteiger partial charge in [-0.2, -0.15) is 0 Å². The van der Waals surface area contributed by atoms with Gasteiger partial charge in [0.15, 0.2) is 0 Å². The van der Waals surface area contributed by atoms with E-state index in [4.69, 9.17) is 14.2 Å². The molecule has 0 saturated heterocycles. The predicted octanol–water partition coefficient (Wildman–Crippen LogP) is 6.62. The van der Waals surface area contributed by atoms with Gasteiger partial charge in [-0.25, -0.2) is 0 Å². The van der Waals surface area contributed by atoms with Crippen molar-refractivity contribution in [3.63, 3.8) is 0 Å². The monoisotopic (exact) mass is 428 g/mol. The summed E-state index contributed by atoms with van der Waals surface area (Å²) >= 11 is 0. The molecule has 2 bridgehead atoms. The van der Waals surface area contributed by atoms with Gasteiger partial charge < -0.3 is 14.2 Å². The minimum absolute atomic E-state index is 0.170. The van der Waals surface area contributed by atoms with Crippen LogP contribution in [0.15, 0.2) is 24.3 Å². The van der Waals surface area contributed by atoms with Crippen molar-refractivity contribution >= 4 is 5.97 Å². The van der Waals surface area contributed by atoms with Gasteiger partial charge >= 0.3 is 5.97 Å². The van der Waals surface area contributed by atoms with Crippen LogP contribution < -0.4 is 9.47 Å². The SMILES string of the molecule is CCC(C)(CC)C(=O)Oc1ccc(OC(OC2CC3CC2C2CCCC32)C(C)C)cc1. The van der Waals surface area contributed by atoms with Gasteiger partial charge in [-0.05, 0) is 93.4 Å². The van der Waals surface area contributed by atoms with E-state index in [0.717, 1.165) is 42.3 Å². The molecule has 1 aromatic carbocycles. The molecule has 3 aliphatic rings. The molecule has 4 nitrogen and oxygen atoms in total. The van der Waals surface area contributed by atoms with Crippen molar-refractivity contribution in [1.82, 2.24) is 0 Å². The second-order valence-electron chi connectivity index (χ2n) is 10.7. The third kappa shape index (κ3) is 4.51. The molecule has 0 heterocycles. The fourth-order valence-electron chi connectivity index (χ4n) is 6.14. The van der Waals surface area contributed by atoms with E-state index in [0.29, 0.717) is 11.9 Å².